The summed E-state index contributed by atoms with van der Waals surface area (Å²) in [4.78, 5) is 11.7. The highest BCUT2D eigenvalue weighted by atomic mass is 16.5. The molecule has 1 aromatic heterocycles. The van der Waals surface area contributed by atoms with E-state index < -0.39 is 0 Å². The highest BCUT2D eigenvalue weighted by Gasteiger charge is 2.48. The van der Waals surface area contributed by atoms with Crippen LogP contribution in [0.15, 0.2) is 34.9 Å². The molecule has 0 radical (unpaired) electrons. The van der Waals surface area contributed by atoms with Gasteiger partial charge in [0, 0.05) is 24.2 Å². The molecular formula is C20H27N3O3. The molecule has 26 heavy (non-hydrogen) atoms. The van der Waals surface area contributed by atoms with E-state index in [0.29, 0.717) is 12.5 Å². The molecule has 6 heteroatoms. The zero-order valence-corrected chi connectivity index (χ0v) is 15.8. The lowest BCUT2D eigenvalue weighted by Gasteiger charge is -2.52. The highest BCUT2D eigenvalue weighted by Crippen LogP contribution is 2.47. The Morgan fingerprint density at radius 3 is 2.69 bits per heavy atom. The van der Waals surface area contributed by atoms with Crippen LogP contribution in [0.1, 0.15) is 32.9 Å². The number of hydrogen-bond donors (Lipinski definition) is 2. The summed E-state index contributed by atoms with van der Waals surface area (Å²) in [6, 6.07) is 9.83. The SMILES string of the molecule is CCNC(=O)N[C@H]1C[C@@H](Cc2cc(-c3ccc(OC)cc3)on2)C1(C)C. The Hall–Kier alpha value is -2.50. The largest absolute Gasteiger partial charge is 0.497 e. The Bertz CT molecular complexity index is 752. The first-order chi connectivity index (χ1) is 12.4. The van der Waals surface area contributed by atoms with Crippen LogP contribution in [-0.2, 0) is 6.42 Å². The fourth-order valence-electron chi connectivity index (χ4n) is 3.53. The molecule has 0 unspecified atom stereocenters. The summed E-state index contributed by atoms with van der Waals surface area (Å²) in [6.07, 6.45) is 1.80. The number of rotatable bonds is 6. The van der Waals surface area contributed by atoms with Crippen LogP contribution in [0.2, 0.25) is 0 Å². The molecule has 6 nitrogen and oxygen atoms in total. The maximum Gasteiger partial charge on any atom is 0.315 e. The molecule has 1 saturated carbocycles. The van der Waals surface area contributed by atoms with Crippen LogP contribution in [0.25, 0.3) is 11.3 Å². The second kappa shape index (κ2) is 7.40. The average molecular weight is 357 g/mol. The van der Waals surface area contributed by atoms with Crippen LogP contribution >= 0.6 is 0 Å². The fourth-order valence-corrected chi connectivity index (χ4v) is 3.53. The van der Waals surface area contributed by atoms with Crippen LogP contribution in [0.4, 0.5) is 4.79 Å². The van der Waals surface area contributed by atoms with Crippen molar-refractivity contribution in [2.24, 2.45) is 11.3 Å². The fraction of sp³-hybridized carbons (Fsp3) is 0.500. The smallest absolute Gasteiger partial charge is 0.315 e. The van der Waals surface area contributed by atoms with Crippen molar-refractivity contribution in [3.63, 3.8) is 0 Å². The number of ether oxygens (including phenoxy) is 1. The minimum atomic E-state index is -0.0905. The number of urea groups is 1. The molecule has 3 rings (SSSR count). The maximum absolute atomic E-state index is 11.7. The number of aromatic nitrogens is 1. The number of nitrogens with zero attached hydrogens (tertiary/aromatic N) is 1. The summed E-state index contributed by atoms with van der Waals surface area (Å²) in [5.41, 5.74) is 1.96. The van der Waals surface area contributed by atoms with Gasteiger partial charge in [0.05, 0.1) is 12.8 Å². The zero-order valence-electron chi connectivity index (χ0n) is 15.8. The van der Waals surface area contributed by atoms with E-state index in [-0.39, 0.29) is 17.5 Å². The molecule has 2 amide bonds. The Morgan fingerprint density at radius 2 is 2.08 bits per heavy atom. The highest BCUT2D eigenvalue weighted by molar-refractivity contribution is 5.74. The van der Waals surface area contributed by atoms with E-state index in [1.165, 1.54) is 0 Å². The first kappa shape index (κ1) is 18.3. The normalized spacial score (nSPS) is 20.9. The van der Waals surface area contributed by atoms with Crippen LogP contribution in [0, 0.1) is 11.3 Å². The third-order valence-corrected chi connectivity index (χ3v) is 5.50. The molecule has 1 heterocycles. The average Bonchev–Trinajstić information content (AvgIpc) is 3.10. The summed E-state index contributed by atoms with van der Waals surface area (Å²) in [7, 11) is 1.65. The number of carbonyl (C=O) groups is 1. The number of methoxy groups -OCH3 is 1. The van der Waals surface area contributed by atoms with Crippen molar-refractivity contribution in [2.45, 2.75) is 39.7 Å². The van der Waals surface area contributed by atoms with Crippen molar-refractivity contribution in [2.75, 3.05) is 13.7 Å². The molecule has 0 saturated heterocycles. The van der Waals surface area contributed by atoms with E-state index in [2.05, 4.69) is 29.6 Å². The summed E-state index contributed by atoms with van der Waals surface area (Å²) >= 11 is 0. The van der Waals surface area contributed by atoms with Gasteiger partial charge in [0.15, 0.2) is 5.76 Å². The Morgan fingerprint density at radius 1 is 1.35 bits per heavy atom. The topological polar surface area (TPSA) is 76.4 Å². The second-order valence-corrected chi connectivity index (χ2v) is 7.43. The summed E-state index contributed by atoms with van der Waals surface area (Å²) in [6.45, 7) is 6.94. The van der Waals surface area contributed by atoms with Crippen LogP contribution in [0.5, 0.6) is 5.75 Å². The lowest BCUT2D eigenvalue weighted by molar-refractivity contribution is 0.0201. The van der Waals surface area contributed by atoms with Crippen molar-refractivity contribution in [1.29, 1.82) is 0 Å². The molecule has 2 atom stereocenters. The molecule has 0 bridgehead atoms. The van der Waals surface area contributed by atoms with Gasteiger partial charge in [0.1, 0.15) is 5.75 Å². The van der Waals surface area contributed by atoms with Crippen LogP contribution in [0.3, 0.4) is 0 Å². The minimum absolute atomic E-state index is 0.0321. The van der Waals surface area contributed by atoms with Crippen molar-refractivity contribution in [3.8, 4) is 17.1 Å². The number of amides is 2. The van der Waals surface area contributed by atoms with Crippen molar-refractivity contribution >= 4 is 6.03 Å². The molecule has 0 spiro atoms. The molecular weight excluding hydrogens is 330 g/mol. The standard InChI is InChI=1S/C20H27N3O3/c1-5-21-19(24)22-18-11-14(20(18,2)3)10-15-12-17(26-23-15)13-6-8-16(25-4)9-7-13/h6-9,12,14,18H,5,10-11H2,1-4H3,(H2,21,22,24)/t14-,18+/m1/s1. The minimum Gasteiger partial charge on any atom is -0.497 e. The van der Waals surface area contributed by atoms with E-state index in [1.807, 2.05) is 37.3 Å². The van der Waals surface area contributed by atoms with Gasteiger partial charge in [-0.1, -0.05) is 19.0 Å². The molecule has 1 aromatic carbocycles. The van der Waals surface area contributed by atoms with Gasteiger partial charge in [-0.25, -0.2) is 4.79 Å². The van der Waals surface area contributed by atoms with Crippen molar-refractivity contribution < 1.29 is 14.1 Å². The summed E-state index contributed by atoms with van der Waals surface area (Å²) < 4.78 is 10.7. The van der Waals surface area contributed by atoms with Crippen LogP contribution < -0.4 is 15.4 Å². The van der Waals surface area contributed by atoms with Gasteiger partial charge < -0.3 is 19.9 Å². The van der Waals surface area contributed by atoms with Gasteiger partial charge in [-0.05, 0) is 55.4 Å². The summed E-state index contributed by atoms with van der Waals surface area (Å²) in [5, 5.41) is 10.1. The van der Waals surface area contributed by atoms with Gasteiger partial charge >= 0.3 is 6.03 Å². The van der Waals surface area contributed by atoms with Crippen LogP contribution in [-0.4, -0.2) is 30.9 Å². The third-order valence-electron chi connectivity index (χ3n) is 5.50. The van der Waals surface area contributed by atoms with Gasteiger partial charge in [-0.15, -0.1) is 0 Å². The predicted octanol–water partition coefficient (Wildman–Crippen LogP) is 3.63. The van der Waals surface area contributed by atoms with Gasteiger partial charge in [-0.2, -0.15) is 0 Å². The van der Waals surface area contributed by atoms with E-state index >= 15 is 0 Å². The Labute approximate surface area is 154 Å². The number of hydrogen-bond acceptors (Lipinski definition) is 4. The number of carbonyl (C=O) groups excluding carboxylic acids is 1. The Kier molecular flexibility index (Phi) is 5.20. The monoisotopic (exact) mass is 357 g/mol. The predicted molar refractivity (Wildman–Crippen MR) is 100 cm³/mol. The molecule has 2 aromatic rings. The lowest BCUT2D eigenvalue weighted by atomic mass is 9.57. The maximum atomic E-state index is 11.7. The van der Waals surface area contributed by atoms with E-state index in [9.17, 15) is 4.79 Å². The molecule has 0 aliphatic heterocycles. The first-order valence-electron chi connectivity index (χ1n) is 9.08. The number of benzene rings is 1. The van der Waals surface area contributed by atoms with E-state index in [4.69, 9.17) is 9.26 Å². The van der Waals surface area contributed by atoms with Gasteiger partial charge in [-0.3, -0.25) is 0 Å². The molecule has 140 valence electrons. The van der Waals surface area contributed by atoms with Gasteiger partial charge in [0.2, 0.25) is 0 Å². The molecule has 1 aliphatic carbocycles. The van der Waals surface area contributed by atoms with Crippen molar-refractivity contribution in [1.82, 2.24) is 15.8 Å². The zero-order chi connectivity index (χ0) is 18.7. The van der Waals surface area contributed by atoms with Gasteiger partial charge in [0.25, 0.3) is 0 Å². The molecule has 2 N–H and O–H groups in total. The van der Waals surface area contributed by atoms with E-state index in [1.54, 1.807) is 7.11 Å². The quantitative estimate of drug-likeness (QED) is 0.828. The molecule has 1 aliphatic rings. The number of nitrogens with one attached hydrogen (secondary N) is 2. The van der Waals surface area contributed by atoms with E-state index in [0.717, 1.165) is 35.6 Å². The first-order valence-corrected chi connectivity index (χ1v) is 9.08. The Balaban J connectivity index is 1.60. The third kappa shape index (κ3) is 3.69. The van der Waals surface area contributed by atoms with Crippen molar-refractivity contribution in [3.05, 3.63) is 36.0 Å². The summed E-state index contributed by atoms with van der Waals surface area (Å²) in [5.74, 6) is 2.04. The second-order valence-electron chi connectivity index (χ2n) is 7.43. The molecule has 1 fully saturated rings. The lowest BCUT2D eigenvalue weighted by Crippen LogP contribution is -2.60.